The molecular formula is C20H20N2O3. The number of hydrogen-bond donors (Lipinski definition) is 1. The number of carbonyl (C=O) groups is 2. The fourth-order valence-corrected chi connectivity index (χ4v) is 3.70. The van der Waals surface area contributed by atoms with E-state index in [9.17, 15) is 9.59 Å². The third kappa shape index (κ3) is 3.03. The number of esters is 1. The summed E-state index contributed by atoms with van der Waals surface area (Å²) in [5, 5.41) is 1.47. The fourth-order valence-electron chi connectivity index (χ4n) is 3.70. The van der Waals surface area contributed by atoms with Gasteiger partial charge in [-0.1, -0.05) is 36.4 Å². The van der Waals surface area contributed by atoms with Crippen LogP contribution in [0.5, 0.6) is 0 Å². The van der Waals surface area contributed by atoms with Crippen LogP contribution in [0.25, 0.3) is 0 Å². The first-order valence-electron chi connectivity index (χ1n) is 8.65. The van der Waals surface area contributed by atoms with E-state index < -0.39 is 6.04 Å². The monoisotopic (exact) mass is 336 g/mol. The van der Waals surface area contributed by atoms with Gasteiger partial charge in [0.2, 0.25) is 0 Å². The van der Waals surface area contributed by atoms with E-state index in [1.807, 2.05) is 48.5 Å². The second kappa shape index (κ2) is 6.69. The maximum Gasteiger partial charge on any atom is 0.325 e. The van der Waals surface area contributed by atoms with Gasteiger partial charge in [0, 0.05) is 11.5 Å². The molecule has 1 aliphatic carbocycles. The molecule has 0 aromatic heterocycles. The van der Waals surface area contributed by atoms with Gasteiger partial charge in [-0.25, -0.2) is 10.4 Å². The van der Waals surface area contributed by atoms with Crippen molar-refractivity contribution in [1.82, 2.24) is 5.43 Å². The molecule has 2 aromatic carbocycles. The van der Waals surface area contributed by atoms with Crippen molar-refractivity contribution < 1.29 is 14.3 Å². The summed E-state index contributed by atoms with van der Waals surface area (Å²) in [6.45, 7) is 0. The van der Waals surface area contributed by atoms with Gasteiger partial charge < -0.3 is 4.74 Å². The maximum absolute atomic E-state index is 13.0. The van der Waals surface area contributed by atoms with Gasteiger partial charge >= 0.3 is 5.97 Å². The average Bonchev–Trinajstić information content (AvgIpc) is 3.22. The number of benzene rings is 2. The lowest BCUT2D eigenvalue weighted by atomic mass is 10.00. The number of ether oxygens (including phenoxy) is 1. The molecule has 2 fully saturated rings. The van der Waals surface area contributed by atoms with Gasteiger partial charge in [0.15, 0.2) is 0 Å². The van der Waals surface area contributed by atoms with Crippen LogP contribution in [0.3, 0.4) is 0 Å². The zero-order valence-electron chi connectivity index (χ0n) is 13.8. The largest absolute Gasteiger partial charge is 0.461 e. The molecule has 1 heterocycles. The zero-order chi connectivity index (χ0) is 17.2. The van der Waals surface area contributed by atoms with Crippen LogP contribution in [0.4, 0.5) is 5.69 Å². The van der Waals surface area contributed by atoms with Crippen LogP contribution < -0.4 is 10.4 Å². The predicted molar refractivity (Wildman–Crippen MR) is 93.8 cm³/mol. The second-order valence-electron chi connectivity index (χ2n) is 6.52. The van der Waals surface area contributed by atoms with E-state index in [1.165, 1.54) is 5.01 Å². The van der Waals surface area contributed by atoms with E-state index in [2.05, 4.69) is 5.43 Å². The highest BCUT2D eigenvalue weighted by molar-refractivity contribution is 6.05. The van der Waals surface area contributed by atoms with E-state index >= 15 is 0 Å². The van der Waals surface area contributed by atoms with Crippen LogP contribution in [0.1, 0.15) is 29.6 Å². The van der Waals surface area contributed by atoms with Gasteiger partial charge in [-0.15, -0.1) is 0 Å². The Morgan fingerprint density at radius 2 is 1.68 bits per heavy atom. The minimum atomic E-state index is -0.486. The SMILES string of the molecule is O=C1O[C@H]2CCC[C@H]2[C@@H]1NN(C(=O)c1ccccc1)c1ccccc1. The summed E-state index contributed by atoms with van der Waals surface area (Å²) in [7, 11) is 0. The first kappa shape index (κ1) is 15.8. The fraction of sp³-hybridized carbons (Fsp3) is 0.300. The van der Waals surface area contributed by atoms with Gasteiger partial charge in [-0.3, -0.25) is 9.59 Å². The molecule has 1 saturated carbocycles. The molecule has 2 aromatic rings. The molecule has 1 N–H and O–H groups in total. The van der Waals surface area contributed by atoms with E-state index in [1.54, 1.807) is 12.1 Å². The highest BCUT2D eigenvalue weighted by Crippen LogP contribution is 2.37. The Bertz CT molecular complexity index is 763. The Morgan fingerprint density at radius 1 is 1.00 bits per heavy atom. The number of nitrogens with zero attached hydrogens (tertiary/aromatic N) is 1. The molecule has 3 atom stereocenters. The molecule has 0 unspecified atom stereocenters. The van der Waals surface area contributed by atoms with Crippen molar-refractivity contribution >= 4 is 17.6 Å². The van der Waals surface area contributed by atoms with Gasteiger partial charge in [0.1, 0.15) is 12.1 Å². The number of nitrogens with one attached hydrogen (secondary N) is 1. The van der Waals surface area contributed by atoms with Crippen LogP contribution in [0, 0.1) is 5.92 Å². The van der Waals surface area contributed by atoms with Crippen molar-refractivity contribution in [3.8, 4) is 0 Å². The van der Waals surface area contributed by atoms with Crippen LogP contribution in [0.2, 0.25) is 0 Å². The van der Waals surface area contributed by atoms with E-state index in [-0.39, 0.29) is 23.9 Å². The van der Waals surface area contributed by atoms with Crippen molar-refractivity contribution in [2.24, 2.45) is 5.92 Å². The topological polar surface area (TPSA) is 58.6 Å². The minimum Gasteiger partial charge on any atom is -0.461 e. The van der Waals surface area contributed by atoms with Gasteiger partial charge in [-0.2, -0.15) is 0 Å². The molecule has 4 rings (SSSR count). The zero-order valence-corrected chi connectivity index (χ0v) is 13.8. The average molecular weight is 336 g/mol. The summed E-state index contributed by atoms with van der Waals surface area (Å²) in [5.41, 5.74) is 4.42. The van der Waals surface area contributed by atoms with Crippen molar-refractivity contribution in [3.63, 3.8) is 0 Å². The standard InChI is InChI=1S/C20H20N2O3/c23-19(14-8-3-1-4-9-14)22(15-10-5-2-6-11-15)21-18-16-12-7-13-17(16)25-20(18)24/h1-6,8-11,16-18,21H,7,12-13H2/t16-,17+,18+/m1/s1. The first-order chi connectivity index (χ1) is 12.2. The van der Waals surface area contributed by atoms with Gasteiger partial charge in [-0.05, 0) is 43.5 Å². The molecule has 2 aliphatic rings. The van der Waals surface area contributed by atoms with E-state index in [0.717, 1.165) is 19.3 Å². The highest BCUT2D eigenvalue weighted by atomic mass is 16.6. The van der Waals surface area contributed by atoms with Gasteiger partial charge in [0.05, 0.1) is 5.69 Å². The van der Waals surface area contributed by atoms with Crippen molar-refractivity contribution in [3.05, 3.63) is 66.2 Å². The lowest BCUT2D eigenvalue weighted by molar-refractivity contribution is -0.143. The number of hydrazine groups is 1. The lowest BCUT2D eigenvalue weighted by Gasteiger charge is -2.27. The number of amides is 1. The lowest BCUT2D eigenvalue weighted by Crippen LogP contribution is -2.52. The Morgan fingerprint density at radius 3 is 2.40 bits per heavy atom. The summed E-state index contributed by atoms with van der Waals surface area (Å²) in [5.74, 6) is -0.333. The van der Waals surface area contributed by atoms with Crippen LogP contribution in [-0.4, -0.2) is 24.0 Å². The Kier molecular flexibility index (Phi) is 4.24. The smallest absolute Gasteiger partial charge is 0.325 e. The number of fused-ring (bicyclic) bond motifs is 1. The second-order valence-corrected chi connectivity index (χ2v) is 6.52. The highest BCUT2D eigenvalue weighted by Gasteiger charge is 2.48. The summed E-state index contributed by atoms with van der Waals surface area (Å²) < 4.78 is 5.48. The molecule has 5 heteroatoms. The van der Waals surface area contributed by atoms with Crippen LogP contribution >= 0.6 is 0 Å². The number of carbonyl (C=O) groups excluding carboxylic acids is 2. The molecule has 1 saturated heterocycles. The summed E-state index contributed by atoms with van der Waals surface area (Å²) in [6, 6.07) is 17.9. The molecule has 1 amide bonds. The summed E-state index contributed by atoms with van der Waals surface area (Å²) in [6.07, 6.45) is 2.89. The van der Waals surface area contributed by atoms with Crippen molar-refractivity contribution in [2.45, 2.75) is 31.4 Å². The number of hydrogen-bond acceptors (Lipinski definition) is 4. The minimum absolute atomic E-state index is 0.0190. The van der Waals surface area contributed by atoms with E-state index in [4.69, 9.17) is 4.74 Å². The molecule has 25 heavy (non-hydrogen) atoms. The van der Waals surface area contributed by atoms with Gasteiger partial charge in [0.25, 0.3) is 5.91 Å². The first-order valence-corrected chi connectivity index (χ1v) is 8.65. The summed E-state index contributed by atoms with van der Waals surface area (Å²) in [4.78, 5) is 25.3. The summed E-state index contributed by atoms with van der Waals surface area (Å²) >= 11 is 0. The quantitative estimate of drug-likeness (QED) is 0.689. The third-order valence-corrected chi connectivity index (χ3v) is 4.96. The van der Waals surface area contributed by atoms with Crippen LogP contribution in [0.15, 0.2) is 60.7 Å². The normalized spacial score (nSPS) is 24.6. The molecule has 5 nitrogen and oxygen atoms in total. The van der Waals surface area contributed by atoms with Crippen molar-refractivity contribution in [1.29, 1.82) is 0 Å². The van der Waals surface area contributed by atoms with Crippen molar-refractivity contribution in [2.75, 3.05) is 5.01 Å². The Balaban J connectivity index is 1.64. The maximum atomic E-state index is 13.0. The Hall–Kier alpha value is -2.66. The molecule has 128 valence electrons. The van der Waals surface area contributed by atoms with Crippen LogP contribution in [-0.2, 0) is 9.53 Å². The number of para-hydroxylation sites is 1. The third-order valence-electron chi connectivity index (χ3n) is 4.96. The molecule has 0 spiro atoms. The molecule has 1 aliphatic heterocycles. The predicted octanol–water partition coefficient (Wildman–Crippen LogP) is 2.93. The van der Waals surface area contributed by atoms with E-state index in [0.29, 0.717) is 11.3 Å². The Labute approximate surface area is 146 Å². The molecule has 0 radical (unpaired) electrons. The number of anilines is 1. The molecular weight excluding hydrogens is 316 g/mol. The molecule has 0 bridgehead atoms. The number of rotatable bonds is 4.